The summed E-state index contributed by atoms with van der Waals surface area (Å²) in [6.07, 6.45) is 1.09. The van der Waals surface area contributed by atoms with Crippen LogP contribution in [0, 0.1) is 12.8 Å². The highest BCUT2D eigenvalue weighted by Crippen LogP contribution is 2.47. The Morgan fingerprint density at radius 3 is 2.29 bits per heavy atom. The molecule has 1 heterocycles. The fourth-order valence-electron chi connectivity index (χ4n) is 5.28. The minimum absolute atomic E-state index is 0.0446. The van der Waals surface area contributed by atoms with Crippen LogP contribution in [0.1, 0.15) is 48.4 Å². The van der Waals surface area contributed by atoms with Gasteiger partial charge in [-0.05, 0) is 54.7 Å². The lowest BCUT2D eigenvalue weighted by Gasteiger charge is -2.38. The van der Waals surface area contributed by atoms with Gasteiger partial charge < -0.3 is 9.64 Å². The molecule has 0 N–H and O–H groups in total. The van der Waals surface area contributed by atoms with Crippen molar-refractivity contribution in [1.29, 1.82) is 0 Å². The van der Waals surface area contributed by atoms with Crippen molar-refractivity contribution in [3.63, 3.8) is 0 Å². The van der Waals surface area contributed by atoms with Crippen LogP contribution >= 0.6 is 0 Å². The van der Waals surface area contributed by atoms with E-state index < -0.39 is 12.0 Å². The Balaban J connectivity index is 1.64. The largest absolute Gasteiger partial charge is 0.497 e. The quantitative estimate of drug-likeness (QED) is 0.494. The van der Waals surface area contributed by atoms with Crippen LogP contribution in [0.25, 0.3) is 0 Å². The number of carbonyl (C=O) groups excluding carboxylic acids is 2. The first-order chi connectivity index (χ1) is 16.5. The molecule has 1 aliphatic carbocycles. The zero-order valence-electron chi connectivity index (χ0n) is 19.7. The second-order valence-corrected chi connectivity index (χ2v) is 9.16. The number of ketones is 1. The summed E-state index contributed by atoms with van der Waals surface area (Å²) in [5.41, 5.74) is 5.51. The van der Waals surface area contributed by atoms with Crippen molar-refractivity contribution in [2.24, 2.45) is 10.9 Å². The summed E-state index contributed by atoms with van der Waals surface area (Å²) in [4.78, 5) is 33.7. The Bertz CT molecular complexity index is 1260. The zero-order chi connectivity index (χ0) is 23.8. The number of anilines is 1. The number of Topliss-reactive ketones (excluding diaryl/α,β-unsaturated/α-hetero) is 1. The number of carbonyl (C=O) groups is 2. The molecule has 1 fully saturated rings. The molecule has 0 bridgehead atoms. The monoisotopic (exact) mass is 452 g/mol. The van der Waals surface area contributed by atoms with Crippen molar-refractivity contribution >= 4 is 28.8 Å². The highest BCUT2D eigenvalue weighted by atomic mass is 16.5. The third-order valence-corrected chi connectivity index (χ3v) is 6.95. The summed E-state index contributed by atoms with van der Waals surface area (Å²) >= 11 is 0. The number of aryl methyl sites for hydroxylation is 1. The molecule has 0 aromatic heterocycles. The van der Waals surface area contributed by atoms with Gasteiger partial charge in [0.15, 0.2) is 0 Å². The van der Waals surface area contributed by atoms with Crippen molar-refractivity contribution in [3.05, 3.63) is 89.5 Å². The third kappa shape index (κ3) is 3.92. The number of para-hydroxylation sites is 2. The lowest BCUT2D eigenvalue weighted by atomic mass is 9.72. The van der Waals surface area contributed by atoms with E-state index in [-0.39, 0.29) is 17.6 Å². The summed E-state index contributed by atoms with van der Waals surface area (Å²) in [6.45, 7) is 3.60. The molecule has 34 heavy (non-hydrogen) atoms. The van der Waals surface area contributed by atoms with Gasteiger partial charge in [0.25, 0.3) is 0 Å². The molecule has 5 nitrogen and oxygen atoms in total. The number of benzene rings is 3. The van der Waals surface area contributed by atoms with E-state index in [9.17, 15) is 9.59 Å². The maximum atomic E-state index is 13.8. The molecule has 3 unspecified atom stereocenters. The molecule has 1 saturated carbocycles. The molecule has 1 amide bonds. The van der Waals surface area contributed by atoms with Crippen LogP contribution in [-0.4, -0.2) is 24.5 Å². The van der Waals surface area contributed by atoms with Gasteiger partial charge in [-0.3, -0.25) is 14.6 Å². The minimum atomic E-state index is -0.478. The van der Waals surface area contributed by atoms with Crippen LogP contribution < -0.4 is 9.64 Å². The number of rotatable bonds is 3. The molecule has 3 atom stereocenters. The molecule has 0 spiro atoms. The Kier molecular flexibility index (Phi) is 5.78. The van der Waals surface area contributed by atoms with Crippen molar-refractivity contribution < 1.29 is 14.3 Å². The first kappa shape index (κ1) is 22.1. The molecule has 1 aliphatic heterocycles. The molecular weight excluding hydrogens is 424 g/mol. The first-order valence-corrected chi connectivity index (χ1v) is 11.7. The van der Waals surface area contributed by atoms with Crippen LogP contribution in [-0.2, 0) is 9.59 Å². The molecule has 0 saturated heterocycles. The second-order valence-electron chi connectivity index (χ2n) is 9.16. The molecule has 3 aromatic rings. The summed E-state index contributed by atoms with van der Waals surface area (Å²) < 4.78 is 5.30. The maximum absolute atomic E-state index is 13.8. The van der Waals surface area contributed by atoms with Crippen LogP contribution in [0.4, 0.5) is 11.4 Å². The summed E-state index contributed by atoms with van der Waals surface area (Å²) in [5, 5.41) is 0. The number of nitrogens with zero attached hydrogens (tertiary/aromatic N) is 2. The number of hydrogen-bond donors (Lipinski definition) is 0. The van der Waals surface area contributed by atoms with Gasteiger partial charge in [0.05, 0.1) is 30.4 Å². The van der Waals surface area contributed by atoms with E-state index in [1.165, 1.54) is 0 Å². The third-order valence-electron chi connectivity index (χ3n) is 6.95. The average Bonchev–Trinajstić information content (AvgIpc) is 2.99. The fraction of sp³-hybridized carbons (Fsp3) is 0.276. The lowest BCUT2D eigenvalue weighted by Crippen LogP contribution is -2.45. The smallest absolute Gasteiger partial charge is 0.224 e. The minimum Gasteiger partial charge on any atom is -0.497 e. The lowest BCUT2D eigenvalue weighted by molar-refractivity contribution is -0.123. The zero-order valence-corrected chi connectivity index (χ0v) is 19.7. The van der Waals surface area contributed by atoms with E-state index in [1.807, 2.05) is 79.7 Å². The number of ether oxygens (including phenoxy) is 1. The van der Waals surface area contributed by atoms with Gasteiger partial charge in [-0.1, -0.05) is 54.1 Å². The topological polar surface area (TPSA) is 59.0 Å². The predicted octanol–water partition coefficient (Wildman–Crippen LogP) is 5.95. The molecule has 0 radical (unpaired) electrons. The average molecular weight is 453 g/mol. The van der Waals surface area contributed by atoms with Gasteiger partial charge in [-0.15, -0.1) is 0 Å². The molecule has 172 valence electrons. The van der Waals surface area contributed by atoms with Crippen molar-refractivity contribution in [1.82, 2.24) is 0 Å². The summed E-state index contributed by atoms with van der Waals surface area (Å²) in [5.74, 6) is 0.382. The SMILES string of the molecule is COc1ccc(C2CC(=O)C3C(=Nc4ccccc4N(C(C)=O)C3c3ccc(C)cc3)C2)cc1. The van der Waals surface area contributed by atoms with Gasteiger partial charge in [0.2, 0.25) is 5.91 Å². The molecule has 2 aliphatic rings. The summed E-state index contributed by atoms with van der Waals surface area (Å²) in [6, 6.07) is 23.3. The summed E-state index contributed by atoms with van der Waals surface area (Å²) in [7, 11) is 1.65. The van der Waals surface area contributed by atoms with E-state index >= 15 is 0 Å². The molecule has 5 rings (SSSR count). The predicted molar refractivity (Wildman–Crippen MR) is 134 cm³/mol. The standard InChI is InChI=1S/C29H28N2O3/c1-18-8-10-21(11-9-18)29-28-25(30-24-6-4-5-7-26(24)31(29)19(2)32)16-22(17-27(28)33)20-12-14-23(34-3)15-13-20/h4-15,22,28-29H,16-17H2,1-3H3. The maximum Gasteiger partial charge on any atom is 0.224 e. The van der Waals surface area contributed by atoms with Crippen molar-refractivity contribution in [2.75, 3.05) is 12.0 Å². The van der Waals surface area contributed by atoms with E-state index in [0.717, 1.165) is 39.5 Å². The van der Waals surface area contributed by atoms with Crippen LogP contribution in [0.2, 0.25) is 0 Å². The molecule has 5 heteroatoms. The van der Waals surface area contributed by atoms with E-state index in [4.69, 9.17) is 9.73 Å². The number of fused-ring (bicyclic) bond motifs is 2. The Morgan fingerprint density at radius 2 is 1.62 bits per heavy atom. The second kappa shape index (κ2) is 8.90. The number of amides is 1. The van der Waals surface area contributed by atoms with Gasteiger partial charge >= 0.3 is 0 Å². The van der Waals surface area contributed by atoms with Crippen LogP contribution in [0.15, 0.2) is 77.8 Å². The van der Waals surface area contributed by atoms with Crippen molar-refractivity contribution in [3.8, 4) is 5.75 Å². The number of hydrogen-bond acceptors (Lipinski definition) is 4. The van der Waals surface area contributed by atoms with E-state index in [1.54, 1.807) is 18.9 Å². The normalized spacial score (nSPS) is 21.7. The van der Waals surface area contributed by atoms with Crippen LogP contribution in [0.5, 0.6) is 5.75 Å². The van der Waals surface area contributed by atoms with E-state index in [2.05, 4.69) is 0 Å². The van der Waals surface area contributed by atoms with Crippen molar-refractivity contribution in [2.45, 2.75) is 38.6 Å². The van der Waals surface area contributed by atoms with Gasteiger partial charge in [-0.2, -0.15) is 0 Å². The highest BCUT2D eigenvalue weighted by Gasteiger charge is 2.45. The van der Waals surface area contributed by atoms with Gasteiger partial charge in [-0.25, -0.2) is 0 Å². The Morgan fingerprint density at radius 1 is 0.941 bits per heavy atom. The molecular formula is C29H28N2O3. The highest BCUT2D eigenvalue weighted by molar-refractivity contribution is 6.13. The molecule has 3 aromatic carbocycles. The fourth-order valence-corrected chi connectivity index (χ4v) is 5.28. The first-order valence-electron chi connectivity index (χ1n) is 11.7. The van der Waals surface area contributed by atoms with E-state index in [0.29, 0.717) is 12.8 Å². The van der Waals surface area contributed by atoms with Crippen LogP contribution in [0.3, 0.4) is 0 Å². The van der Waals surface area contributed by atoms with Gasteiger partial charge in [0.1, 0.15) is 11.5 Å². The van der Waals surface area contributed by atoms with Gasteiger partial charge in [0, 0.05) is 19.1 Å². The Labute approximate surface area is 200 Å². The number of aliphatic imine (C=N–C) groups is 1. The number of methoxy groups -OCH3 is 1. The Hall–Kier alpha value is -3.73.